The predicted molar refractivity (Wildman–Crippen MR) is 60.1 cm³/mol. The van der Waals surface area contributed by atoms with Crippen molar-refractivity contribution in [1.29, 1.82) is 0 Å². The van der Waals surface area contributed by atoms with Crippen molar-refractivity contribution in [2.45, 2.75) is 0 Å². The summed E-state index contributed by atoms with van der Waals surface area (Å²) in [5, 5.41) is 0.956. The summed E-state index contributed by atoms with van der Waals surface area (Å²) in [7, 11) is 5.87. The van der Waals surface area contributed by atoms with E-state index >= 15 is 0 Å². The molecule has 0 aliphatic carbocycles. The van der Waals surface area contributed by atoms with Gasteiger partial charge in [-0.15, -0.1) is 0 Å². The van der Waals surface area contributed by atoms with Crippen molar-refractivity contribution in [2.75, 3.05) is 14.2 Å². The minimum absolute atomic E-state index is 0. The fourth-order valence-electron chi connectivity index (χ4n) is 0.880. The number of methoxy groups -OCH3 is 2. The van der Waals surface area contributed by atoms with Gasteiger partial charge in [0.05, 0.1) is 19.5 Å². The second kappa shape index (κ2) is 9.75. The van der Waals surface area contributed by atoms with Gasteiger partial charge < -0.3 is 21.1 Å². The molecule has 0 bridgehead atoms. The molecule has 1 aromatic carbocycles. The first-order valence-corrected chi connectivity index (χ1v) is 4.64. The van der Waals surface area contributed by atoms with E-state index in [-0.39, 0.29) is 20.4 Å². The van der Waals surface area contributed by atoms with Crippen molar-refractivity contribution in [3.05, 3.63) is 24.6 Å². The smallest absolute Gasteiger partial charge is 0.129 e. The monoisotopic (exact) mass is 325 g/mol. The summed E-state index contributed by atoms with van der Waals surface area (Å²) in [5.74, 6) is 1.66. The molecule has 1 atom stereocenters. The number of hydrogen-bond donors (Lipinski definition) is 0. The minimum atomic E-state index is 0. The van der Waals surface area contributed by atoms with E-state index in [2.05, 4.69) is 27.2 Å². The molecular weight excluding hydrogens is 313 g/mol. The van der Waals surface area contributed by atoms with Crippen LogP contribution in [-0.4, -0.2) is 14.2 Å². The average Bonchev–Trinajstić information content (AvgIpc) is 2.21. The van der Waals surface area contributed by atoms with E-state index in [1.807, 2.05) is 18.2 Å². The molecule has 0 heterocycles. The second-order valence-corrected chi connectivity index (χ2v) is 2.65. The Hall–Kier alpha value is 0.202. The Labute approximate surface area is 106 Å². The van der Waals surface area contributed by atoms with Crippen molar-refractivity contribution in [3.63, 3.8) is 0 Å². The molecule has 2 nitrogen and oxygen atoms in total. The van der Waals surface area contributed by atoms with Crippen LogP contribution in [0.1, 0.15) is 0 Å². The SMILES string of the molecule is COc1cccc(OC)c1P.[CH2-]Cl.[Pd]. The molecule has 0 aliphatic rings. The number of benzene rings is 1. The van der Waals surface area contributed by atoms with Gasteiger partial charge in [0.25, 0.3) is 0 Å². The molecule has 0 spiro atoms. The molecular formula is C9H13ClO2PPd-. The van der Waals surface area contributed by atoms with Gasteiger partial charge in [-0.05, 0) is 12.1 Å². The molecule has 0 N–H and O–H groups in total. The van der Waals surface area contributed by atoms with Gasteiger partial charge in [0.2, 0.25) is 0 Å². The zero-order chi connectivity index (χ0) is 10.3. The third-order valence-electron chi connectivity index (χ3n) is 1.47. The molecule has 0 fully saturated rings. The molecule has 0 aromatic heterocycles. The Morgan fingerprint density at radius 3 is 1.79 bits per heavy atom. The van der Waals surface area contributed by atoms with Crippen molar-refractivity contribution < 1.29 is 29.9 Å². The second-order valence-electron chi connectivity index (χ2n) is 2.08. The summed E-state index contributed by atoms with van der Waals surface area (Å²) in [6, 6.07) is 5.68. The Morgan fingerprint density at radius 1 is 1.14 bits per heavy atom. The molecule has 1 unspecified atom stereocenters. The summed E-state index contributed by atoms with van der Waals surface area (Å²) in [4.78, 5) is 0. The van der Waals surface area contributed by atoms with E-state index in [1.54, 1.807) is 14.2 Å². The van der Waals surface area contributed by atoms with E-state index in [4.69, 9.17) is 9.47 Å². The van der Waals surface area contributed by atoms with Crippen molar-refractivity contribution in [1.82, 2.24) is 0 Å². The van der Waals surface area contributed by atoms with Crippen LogP contribution in [0.4, 0.5) is 0 Å². The summed E-state index contributed by atoms with van der Waals surface area (Å²) in [5.41, 5.74) is 0. The maximum absolute atomic E-state index is 5.09. The zero-order valence-corrected chi connectivity index (χ0v) is 11.5. The number of halogens is 1. The summed E-state index contributed by atoms with van der Waals surface area (Å²) in [6.07, 6.45) is 2.72. The van der Waals surface area contributed by atoms with Crippen LogP contribution >= 0.6 is 20.8 Å². The third kappa shape index (κ3) is 4.62. The Bertz CT molecular complexity index is 236. The van der Waals surface area contributed by atoms with Crippen LogP contribution in [0.3, 0.4) is 0 Å². The molecule has 0 aliphatic heterocycles. The molecule has 0 saturated heterocycles. The number of rotatable bonds is 2. The first-order chi connectivity index (χ1) is 6.29. The quantitative estimate of drug-likeness (QED) is 0.471. The van der Waals surface area contributed by atoms with Gasteiger partial charge in [0, 0.05) is 20.4 Å². The molecule has 0 radical (unpaired) electrons. The fourth-order valence-corrected chi connectivity index (χ4v) is 1.31. The summed E-state index contributed by atoms with van der Waals surface area (Å²) >= 11 is 4.39. The first-order valence-electron chi connectivity index (χ1n) is 3.52. The normalized spacial score (nSPS) is 7.79. The Morgan fingerprint density at radius 2 is 1.50 bits per heavy atom. The fraction of sp³-hybridized carbons (Fsp3) is 0.222. The molecule has 1 aromatic rings. The molecule has 5 heteroatoms. The standard InChI is InChI=1S/C8H11O2P.CH2Cl.Pd/c1-9-6-4-3-5-7(10-2)8(6)11;1-2;/h3-5H,11H2,1-2H3;1H2;/q;-1;. The largest absolute Gasteiger partial charge is 0.496 e. The van der Waals surface area contributed by atoms with E-state index in [1.165, 1.54) is 0 Å². The van der Waals surface area contributed by atoms with Crippen LogP contribution in [0.5, 0.6) is 11.5 Å². The molecule has 0 amide bonds. The van der Waals surface area contributed by atoms with Crippen molar-refractivity contribution in [2.24, 2.45) is 0 Å². The molecule has 14 heavy (non-hydrogen) atoms. The van der Waals surface area contributed by atoms with Crippen molar-refractivity contribution >= 4 is 26.1 Å². The van der Waals surface area contributed by atoms with Gasteiger partial charge in [-0.1, -0.05) is 15.3 Å². The van der Waals surface area contributed by atoms with Gasteiger partial charge in [-0.25, -0.2) is 0 Å². The minimum Gasteiger partial charge on any atom is -0.496 e. The zero-order valence-electron chi connectivity index (χ0n) is 8.03. The Kier molecular flexibility index (Phi) is 11.6. The Balaban J connectivity index is 0. The first kappa shape index (κ1) is 16.6. The van der Waals surface area contributed by atoms with Gasteiger partial charge in [-0.3, -0.25) is 6.38 Å². The average molecular weight is 326 g/mol. The van der Waals surface area contributed by atoms with E-state index in [0.717, 1.165) is 16.8 Å². The van der Waals surface area contributed by atoms with E-state index < -0.39 is 0 Å². The third-order valence-corrected chi connectivity index (χ3v) is 2.03. The van der Waals surface area contributed by atoms with Gasteiger partial charge in [-0.2, -0.15) is 0 Å². The molecule has 0 saturated carbocycles. The van der Waals surface area contributed by atoms with E-state index in [9.17, 15) is 0 Å². The van der Waals surface area contributed by atoms with Crippen LogP contribution in [0.2, 0.25) is 0 Å². The summed E-state index contributed by atoms with van der Waals surface area (Å²) in [6.45, 7) is 0. The van der Waals surface area contributed by atoms with Crippen molar-refractivity contribution in [3.8, 4) is 11.5 Å². The summed E-state index contributed by atoms with van der Waals surface area (Å²) < 4.78 is 10.2. The van der Waals surface area contributed by atoms with Crippen LogP contribution in [0.15, 0.2) is 18.2 Å². The van der Waals surface area contributed by atoms with Gasteiger partial charge in [0.15, 0.2) is 0 Å². The molecule has 84 valence electrons. The van der Waals surface area contributed by atoms with Crippen LogP contribution in [-0.2, 0) is 20.4 Å². The number of ether oxygens (including phenoxy) is 2. The topological polar surface area (TPSA) is 18.5 Å². The van der Waals surface area contributed by atoms with Gasteiger partial charge >= 0.3 is 0 Å². The van der Waals surface area contributed by atoms with Crippen LogP contribution in [0.25, 0.3) is 0 Å². The predicted octanol–water partition coefficient (Wildman–Crippen LogP) is 2.22. The maximum atomic E-state index is 5.09. The van der Waals surface area contributed by atoms with E-state index in [0.29, 0.717) is 0 Å². The molecule has 1 rings (SSSR count). The van der Waals surface area contributed by atoms with Crippen LogP contribution < -0.4 is 14.8 Å². The maximum Gasteiger partial charge on any atom is 0.129 e. The van der Waals surface area contributed by atoms with Crippen LogP contribution in [0, 0.1) is 6.38 Å². The number of hydrogen-bond acceptors (Lipinski definition) is 2. The van der Waals surface area contributed by atoms with Gasteiger partial charge in [0.1, 0.15) is 11.5 Å².